The van der Waals surface area contributed by atoms with Gasteiger partial charge in [0.25, 0.3) is 0 Å². The van der Waals surface area contributed by atoms with Crippen LogP contribution in [0.15, 0.2) is 48.3 Å². The van der Waals surface area contributed by atoms with Gasteiger partial charge in [0.15, 0.2) is 0 Å². The highest BCUT2D eigenvalue weighted by Crippen LogP contribution is 2.68. The smallest absolute Gasteiger partial charge is 0.119 e. The van der Waals surface area contributed by atoms with Crippen molar-refractivity contribution >= 4 is 0 Å². The minimum Gasteiger partial charge on any atom is -0.501 e. The van der Waals surface area contributed by atoms with Crippen molar-refractivity contribution in [3.8, 4) is 5.75 Å². The zero-order valence-electron chi connectivity index (χ0n) is 18.3. The quantitative estimate of drug-likeness (QED) is 0.397. The molecule has 6 rings (SSSR count). The summed E-state index contributed by atoms with van der Waals surface area (Å²) in [4.78, 5) is 0. The molecule has 1 aromatic rings. The fourth-order valence-electron chi connectivity index (χ4n) is 6.41. The van der Waals surface area contributed by atoms with Crippen molar-refractivity contribution in [1.82, 2.24) is 5.32 Å². The summed E-state index contributed by atoms with van der Waals surface area (Å²) in [5.74, 6) is 3.84. The molecule has 4 bridgehead atoms. The van der Waals surface area contributed by atoms with Crippen LogP contribution in [-0.2, 0) is 11.3 Å². The van der Waals surface area contributed by atoms with Gasteiger partial charge in [-0.2, -0.15) is 0 Å². The fourth-order valence-corrected chi connectivity index (χ4v) is 6.41. The molecule has 1 aromatic carbocycles. The molecule has 5 unspecified atom stereocenters. The van der Waals surface area contributed by atoms with Crippen molar-refractivity contribution in [3.63, 3.8) is 0 Å². The van der Waals surface area contributed by atoms with Gasteiger partial charge >= 0.3 is 0 Å². The van der Waals surface area contributed by atoms with Gasteiger partial charge < -0.3 is 14.8 Å². The second-order valence-electron chi connectivity index (χ2n) is 9.29. The maximum Gasteiger partial charge on any atom is 0.119 e. The lowest BCUT2D eigenvalue weighted by Crippen LogP contribution is -2.65. The minimum absolute atomic E-state index is 0.559. The van der Waals surface area contributed by atoms with E-state index in [0.717, 1.165) is 41.7 Å². The first-order chi connectivity index (χ1) is 14.2. The van der Waals surface area contributed by atoms with Gasteiger partial charge in [0.05, 0.1) is 12.9 Å². The van der Waals surface area contributed by atoms with E-state index < -0.39 is 0 Å². The van der Waals surface area contributed by atoms with Crippen LogP contribution < -0.4 is 10.1 Å². The Bertz CT molecular complexity index is 738. The van der Waals surface area contributed by atoms with Gasteiger partial charge in [-0.1, -0.05) is 31.6 Å². The van der Waals surface area contributed by atoms with Crippen LogP contribution in [0.2, 0.25) is 0 Å². The van der Waals surface area contributed by atoms with E-state index in [0.29, 0.717) is 18.6 Å². The second-order valence-corrected chi connectivity index (χ2v) is 9.29. The van der Waals surface area contributed by atoms with Crippen LogP contribution in [0, 0.1) is 23.2 Å². The Labute approximate surface area is 176 Å². The molecule has 0 heterocycles. The van der Waals surface area contributed by atoms with Crippen molar-refractivity contribution < 1.29 is 9.47 Å². The van der Waals surface area contributed by atoms with Crippen molar-refractivity contribution in [2.45, 2.75) is 65.5 Å². The SMILES string of the molecule is CC=C(C=COCC)COc1ccc(CNC2CC3CC4CC(CC)(C3)C42)cc1. The van der Waals surface area contributed by atoms with Gasteiger partial charge in [0, 0.05) is 12.6 Å². The molecule has 5 fully saturated rings. The summed E-state index contributed by atoms with van der Waals surface area (Å²) in [5.41, 5.74) is 3.14. The highest BCUT2D eigenvalue weighted by atomic mass is 16.5. The molecule has 1 N–H and O–H groups in total. The normalized spacial score (nSPS) is 33.0. The average molecular weight is 396 g/mol. The minimum atomic E-state index is 0.559. The lowest BCUT2D eigenvalue weighted by molar-refractivity contribution is -0.174. The summed E-state index contributed by atoms with van der Waals surface area (Å²) in [5, 5.41) is 3.92. The van der Waals surface area contributed by atoms with E-state index in [-0.39, 0.29) is 0 Å². The molecule has 3 nitrogen and oxygen atoms in total. The van der Waals surface area contributed by atoms with Gasteiger partial charge in [0.2, 0.25) is 0 Å². The molecule has 158 valence electrons. The number of benzene rings is 1. The number of nitrogens with one attached hydrogen (secondary N) is 1. The van der Waals surface area contributed by atoms with Crippen LogP contribution in [0.3, 0.4) is 0 Å². The Morgan fingerprint density at radius 1 is 1.17 bits per heavy atom. The Balaban J connectivity index is 1.26. The third-order valence-electron chi connectivity index (χ3n) is 7.75. The molecule has 5 atom stereocenters. The second kappa shape index (κ2) is 8.95. The molecule has 0 radical (unpaired) electrons. The summed E-state index contributed by atoms with van der Waals surface area (Å²) in [6.07, 6.45) is 13.0. The zero-order chi connectivity index (χ0) is 20.3. The maximum atomic E-state index is 5.93. The monoisotopic (exact) mass is 395 g/mol. The van der Waals surface area contributed by atoms with E-state index in [1.165, 1.54) is 37.7 Å². The third-order valence-corrected chi connectivity index (χ3v) is 7.75. The maximum absolute atomic E-state index is 5.93. The number of ether oxygens (including phenoxy) is 2. The molecule has 0 saturated heterocycles. The van der Waals surface area contributed by atoms with E-state index in [1.54, 1.807) is 6.26 Å². The standard InChI is InChI=1S/C26H37NO2/c1-4-19(11-12-28-6-3)18-29-23-9-7-20(8-10-23)17-27-24-14-21-13-22-16-26(5-2,15-21)25(22)24/h4,7-12,21-22,24-25,27H,5-6,13-18H2,1-3H3. The van der Waals surface area contributed by atoms with Crippen molar-refractivity contribution in [3.05, 3.63) is 53.8 Å². The fraction of sp³-hybridized carbons (Fsp3) is 0.615. The van der Waals surface area contributed by atoms with E-state index in [1.807, 2.05) is 19.9 Å². The van der Waals surface area contributed by atoms with E-state index in [4.69, 9.17) is 9.47 Å². The zero-order valence-corrected chi connectivity index (χ0v) is 18.3. The highest BCUT2D eigenvalue weighted by Gasteiger charge is 2.62. The molecule has 29 heavy (non-hydrogen) atoms. The number of rotatable bonds is 10. The summed E-state index contributed by atoms with van der Waals surface area (Å²) in [7, 11) is 0. The van der Waals surface area contributed by atoms with Crippen molar-refractivity contribution in [2.75, 3.05) is 13.2 Å². The lowest BCUT2D eigenvalue weighted by atomic mass is 9.38. The lowest BCUT2D eigenvalue weighted by Gasteiger charge is -2.68. The topological polar surface area (TPSA) is 30.5 Å². The Kier molecular flexibility index (Phi) is 6.34. The summed E-state index contributed by atoms with van der Waals surface area (Å²) in [6, 6.07) is 9.31. The predicted octanol–water partition coefficient (Wildman–Crippen LogP) is 5.87. The van der Waals surface area contributed by atoms with E-state index in [2.05, 4.69) is 42.6 Å². The van der Waals surface area contributed by atoms with Crippen molar-refractivity contribution in [2.24, 2.45) is 23.2 Å². The predicted molar refractivity (Wildman–Crippen MR) is 119 cm³/mol. The Morgan fingerprint density at radius 3 is 2.69 bits per heavy atom. The Morgan fingerprint density at radius 2 is 2.00 bits per heavy atom. The molecule has 0 amide bonds. The first-order valence-corrected chi connectivity index (χ1v) is 11.6. The number of hydrogen-bond donors (Lipinski definition) is 1. The first kappa shape index (κ1) is 20.5. The van der Waals surface area contributed by atoms with Crippen LogP contribution in [-0.4, -0.2) is 19.3 Å². The van der Waals surface area contributed by atoms with Gasteiger partial charge in [0.1, 0.15) is 12.4 Å². The van der Waals surface area contributed by atoms with Gasteiger partial charge in [-0.25, -0.2) is 0 Å². The molecular weight excluding hydrogens is 358 g/mol. The summed E-state index contributed by atoms with van der Waals surface area (Å²) < 4.78 is 11.2. The summed E-state index contributed by atoms with van der Waals surface area (Å²) >= 11 is 0. The first-order valence-electron chi connectivity index (χ1n) is 11.6. The molecule has 0 aromatic heterocycles. The van der Waals surface area contributed by atoms with Crippen LogP contribution >= 0.6 is 0 Å². The van der Waals surface area contributed by atoms with Crippen LogP contribution in [0.1, 0.15) is 58.4 Å². The van der Waals surface area contributed by atoms with Gasteiger partial charge in [-0.15, -0.1) is 0 Å². The number of hydrogen-bond acceptors (Lipinski definition) is 3. The number of fused-ring (bicyclic) bond motifs is 1. The van der Waals surface area contributed by atoms with Crippen LogP contribution in [0.25, 0.3) is 0 Å². The highest BCUT2D eigenvalue weighted by molar-refractivity contribution is 5.28. The molecule has 3 heteroatoms. The summed E-state index contributed by atoms with van der Waals surface area (Å²) in [6.45, 7) is 8.64. The van der Waals surface area contributed by atoms with Crippen molar-refractivity contribution in [1.29, 1.82) is 0 Å². The molecule has 0 aliphatic heterocycles. The van der Waals surface area contributed by atoms with Gasteiger partial charge in [-0.05, 0) is 92.0 Å². The molecule has 5 saturated carbocycles. The van der Waals surface area contributed by atoms with E-state index >= 15 is 0 Å². The largest absolute Gasteiger partial charge is 0.501 e. The molecule has 5 aliphatic rings. The average Bonchev–Trinajstić information content (AvgIpc) is 2.75. The molecule has 0 spiro atoms. The Hall–Kier alpha value is -1.74. The number of allylic oxidation sites excluding steroid dienone is 1. The molecule has 5 aliphatic carbocycles. The van der Waals surface area contributed by atoms with Crippen LogP contribution in [0.5, 0.6) is 5.75 Å². The molecular formula is C26H37NO2. The van der Waals surface area contributed by atoms with Gasteiger partial charge in [-0.3, -0.25) is 0 Å². The third kappa shape index (κ3) is 4.26. The van der Waals surface area contributed by atoms with E-state index in [9.17, 15) is 0 Å². The van der Waals surface area contributed by atoms with Crippen LogP contribution in [0.4, 0.5) is 0 Å².